The van der Waals surface area contributed by atoms with Crippen molar-refractivity contribution in [1.29, 1.82) is 0 Å². The van der Waals surface area contributed by atoms with Crippen LogP contribution in [0.3, 0.4) is 0 Å². The standard InChI is InChI=1S/C27H42NO2/c1-9-29-27(6,28(7,8)20-23-14-11-10-12-15-23)30-26-17-13-16-24(18-21(2)3)25(26)19-22(4)5/h10-17,21-22H,9,18-20H2,1-8H3/q+1. The average Bonchev–Trinajstić information content (AvgIpc) is 2.64. The Balaban J connectivity index is 2.43. The molecule has 1 unspecified atom stereocenters. The lowest BCUT2D eigenvalue weighted by molar-refractivity contribution is -0.999. The summed E-state index contributed by atoms with van der Waals surface area (Å²) >= 11 is 0. The van der Waals surface area contributed by atoms with Gasteiger partial charge in [0.15, 0.2) is 0 Å². The average molecular weight is 413 g/mol. The molecule has 2 rings (SSSR count). The van der Waals surface area contributed by atoms with E-state index in [0.717, 1.165) is 25.1 Å². The minimum atomic E-state index is -0.799. The minimum Gasteiger partial charge on any atom is -0.417 e. The van der Waals surface area contributed by atoms with E-state index in [9.17, 15) is 0 Å². The van der Waals surface area contributed by atoms with Crippen molar-refractivity contribution in [3.05, 3.63) is 65.2 Å². The van der Waals surface area contributed by atoms with Crippen molar-refractivity contribution in [2.24, 2.45) is 11.8 Å². The molecular formula is C27H42NO2+. The van der Waals surface area contributed by atoms with Gasteiger partial charge in [-0.2, -0.15) is 0 Å². The molecule has 3 nitrogen and oxygen atoms in total. The molecule has 0 aliphatic rings. The van der Waals surface area contributed by atoms with Crippen LogP contribution in [-0.4, -0.2) is 31.1 Å². The van der Waals surface area contributed by atoms with Crippen LogP contribution >= 0.6 is 0 Å². The lowest BCUT2D eigenvalue weighted by atomic mass is 9.92. The van der Waals surface area contributed by atoms with E-state index in [-0.39, 0.29) is 0 Å². The van der Waals surface area contributed by atoms with Crippen molar-refractivity contribution in [3.63, 3.8) is 0 Å². The third kappa shape index (κ3) is 6.33. The topological polar surface area (TPSA) is 18.5 Å². The highest BCUT2D eigenvalue weighted by Gasteiger charge is 2.45. The Morgan fingerprint density at radius 1 is 0.867 bits per heavy atom. The van der Waals surface area contributed by atoms with Gasteiger partial charge < -0.3 is 4.74 Å². The van der Waals surface area contributed by atoms with E-state index in [1.807, 2.05) is 6.92 Å². The first-order chi connectivity index (χ1) is 14.1. The van der Waals surface area contributed by atoms with Crippen LogP contribution in [0.5, 0.6) is 5.75 Å². The summed E-state index contributed by atoms with van der Waals surface area (Å²) in [6.45, 7) is 14.6. The maximum Gasteiger partial charge on any atom is 0.358 e. The molecule has 1 atom stereocenters. The molecule has 2 aromatic carbocycles. The normalized spacial score (nSPS) is 14.2. The van der Waals surface area contributed by atoms with Crippen LogP contribution in [0.15, 0.2) is 48.5 Å². The summed E-state index contributed by atoms with van der Waals surface area (Å²) in [4.78, 5) is 0. The van der Waals surface area contributed by atoms with Gasteiger partial charge in [0, 0.05) is 5.56 Å². The summed E-state index contributed by atoms with van der Waals surface area (Å²) < 4.78 is 13.7. The molecule has 0 amide bonds. The molecule has 3 heteroatoms. The zero-order valence-corrected chi connectivity index (χ0v) is 20.4. The van der Waals surface area contributed by atoms with E-state index >= 15 is 0 Å². The van der Waals surface area contributed by atoms with Crippen LogP contribution in [0, 0.1) is 11.8 Å². The monoisotopic (exact) mass is 412 g/mol. The molecular weight excluding hydrogens is 370 g/mol. The summed E-state index contributed by atoms with van der Waals surface area (Å²) in [6, 6.07) is 17.1. The second kappa shape index (κ2) is 10.5. The van der Waals surface area contributed by atoms with Gasteiger partial charge in [-0.1, -0.05) is 70.2 Å². The highest BCUT2D eigenvalue weighted by atomic mass is 16.7. The number of quaternary nitrogens is 1. The zero-order chi connectivity index (χ0) is 22.4. The molecule has 2 aromatic rings. The van der Waals surface area contributed by atoms with E-state index in [1.165, 1.54) is 16.7 Å². The molecule has 0 saturated carbocycles. The van der Waals surface area contributed by atoms with Crippen LogP contribution in [-0.2, 0) is 24.1 Å². The van der Waals surface area contributed by atoms with Crippen molar-refractivity contribution in [1.82, 2.24) is 0 Å². The van der Waals surface area contributed by atoms with E-state index in [4.69, 9.17) is 9.47 Å². The summed E-state index contributed by atoms with van der Waals surface area (Å²) in [5.41, 5.74) is 3.99. The smallest absolute Gasteiger partial charge is 0.358 e. The van der Waals surface area contributed by atoms with Crippen molar-refractivity contribution >= 4 is 0 Å². The summed E-state index contributed by atoms with van der Waals surface area (Å²) in [7, 11) is 4.37. The highest BCUT2D eigenvalue weighted by Crippen LogP contribution is 2.34. The Hall–Kier alpha value is -1.84. The Morgan fingerprint density at radius 2 is 1.50 bits per heavy atom. The van der Waals surface area contributed by atoms with Crippen molar-refractivity contribution in [2.75, 3.05) is 20.7 Å². The molecule has 0 aliphatic carbocycles. The molecule has 0 radical (unpaired) electrons. The third-order valence-corrected chi connectivity index (χ3v) is 5.70. The number of hydrogen-bond donors (Lipinski definition) is 0. The number of ether oxygens (including phenoxy) is 2. The Kier molecular flexibility index (Phi) is 8.52. The first-order valence-electron chi connectivity index (χ1n) is 11.4. The first kappa shape index (κ1) is 24.4. The van der Waals surface area contributed by atoms with Crippen molar-refractivity contribution < 1.29 is 14.0 Å². The molecule has 0 spiro atoms. The fourth-order valence-electron chi connectivity index (χ4n) is 3.96. The van der Waals surface area contributed by atoms with Gasteiger partial charge in [0.2, 0.25) is 0 Å². The Labute approximate surface area is 184 Å². The molecule has 0 aromatic heterocycles. The van der Waals surface area contributed by atoms with Gasteiger partial charge in [0.05, 0.1) is 27.6 Å². The molecule has 166 valence electrons. The SMILES string of the molecule is CCOC(C)(Oc1cccc(CC(C)C)c1CC(C)C)[N+](C)(C)Cc1ccccc1. The fourth-order valence-corrected chi connectivity index (χ4v) is 3.96. The minimum absolute atomic E-state index is 0.561. The van der Waals surface area contributed by atoms with E-state index in [0.29, 0.717) is 22.9 Å². The van der Waals surface area contributed by atoms with Crippen LogP contribution in [0.4, 0.5) is 0 Å². The molecule has 0 N–H and O–H groups in total. The molecule has 0 saturated heterocycles. The number of hydrogen-bond acceptors (Lipinski definition) is 2. The van der Waals surface area contributed by atoms with Gasteiger partial charge in [-0.15, -0.1) is 0 Å². The van der Waals surface area contributed by atoms with E-state index in [1.54, 1.807) is 0 Å². The Morgan fingerprint density at radius 3 is 2.07 bits per heavy atom. The molecule has 0 bridgehead atoms. The molecule has 0 heterocycles. The van der Waals surface area contributed by atoms with Gasteiger partial charge in [-0.3, -0.25) is 9.22 Å². The van der Waals surface area contributed by atoms with Gasteiger partial charge in [-0.05, 0) is 48.8 Å². The number of nitrogens with zero attached hydrogens (tertiary/aromatic N) is 1. The van der Waals surface area contributed by atoms with Crippen LogP contribution in [0.1, 0.15) is 58.2 Å². The number of benzene rings is 2. The largest absolute Gasteiger partial charge is 0.417 e. The quantitative estimate of drug-likeness (QED) is 0.312. The van der Waals surface area contributed by atoms with E-state index < -0.39 is 5.91 Å². The fraction of sp³-hybridized carbons (Fsp3) is 0.556. The first-order valence-corrected chi connectivity index (χ1v) is 11.4. The maximum absolute atomic E-state index is 6.78. The molecule has 30 heavy (non-hydrogen) atoms. The Bertz CT molecular complexity index is 783. The summed E-state index contributed by atoms with van der Waals surface area (Å²) in [5, 5.41) is 0. The van der Waals surface area contributed by atoms with Crippen molar-refractivity contribution in [3.8, 4) is 5.75 Å². The number of rotatable bonds is 11. The van der Waals surface area contributed by atoms with Crippen molar-refractivity contribution in [2.45, 2.75) is 66.8 Å². The highest BCUT2D eigenvalue weighted by molar-refractivity contribution is 5.41. The van der Waals surface area contributed by atoms with Crippen LogP contribution < -0.4 is 4.74 Å². The predicted molar refractivity (Wildman–Crippen MR) is 126 cm³/mol. The maximum atomic E-state index is 6.78. The predicted octanol–water partition coefficient (Wildman–Crippen LogP) is 6.45. The second-order valence-corrected chi connectivity index (χ2v) is 9.85. The van der Waals surface area contributed by atoms with Gasteiger partial charge in [0.1, 0.15) is 12.3 Å². The summed E-state index contributed by atoms with van der Waals surface area (Å²) in [6.07, 6.45) is 2.07. The summed E-state index contributed by atoms with van der Waals surface area (Å²) in [5.74, 6) is 1.32. The van der Waals surface area contributed by atoms with Gasteiger partial charge >= 0.3 is 5.91 Å². The lowest BCUT2D eigenvalue weighted by Crippen LogP contribution is -2.62. The third-order valence-electron chi connectivity index (χ3n) is 5.70. The molecule has 0 fully saturated rings. The lowest BCUT2D eigenvalue weighted by Gasteiger charge is -2.44. The second-order valence-electron chi connectivity index (χ2n) is 9.85. The van der Waals surface area contributed by atoms with Crippen LogP contribution in [0.2, 0.25) is 0 Å². The van der Waals surface area contributed by atoms with Gasteiger partial charge in [-0.25, -0.2) is 0 Å². The molecule has 0 aliphatic heterocycles. The van der Waals surface area contributed by atoms with E-state index in [2.05, 4.69) is 97.2 Å². The zero-order valence-electron chi connectivity index (χ0n) is 20.4. The van der Waals surface area contributed by atoms with Gasteiger partial charge in [0.25, 0.3) is 0 Å². The van der Waals surface area contributed by atoms with Crippen LogP contribution in [0.25, 0.3) is 0 Å².